The molecule has 2 aromatic carbocycles. The minimum Gasteiger partial charge on any atom is -0.389 e. The van der Waals surface area contributed by atoms with E-state index in [1.165, 1.54) is 29.2 Å². The third kappa shape index (κ3) is 2.36. The Labute approximate surface area is 124 Å². The summed E-state index contributed by atoms with van der Waals surface area (Å²) in [6.07, 6.45) is 5.36. The second kappa shape index (κ2) is 4.78. The van der Waals surface area contributed by atoms with Gasteiger partial charge in [-0.05, 0) is 42.0 Å². The molecule has 2 heterocycles. The van der Waals surface area contributed by atoms with E-state index < -0.39 is 5.60 Å². The molecule has 2 heteroatoms. The molecule has 2 aromatic rings. The van der Waals surface area contributed by atoms with E-state index in [1.54, 1.807) is 0 Å². The number of fused-ring (bicyclic) bond motifs is 3. The Morgan fingerprint density at radius 1 is 1.00 bits per heavy atom. The molecule has 0 saturated carbocycles. The Bertz CT molecular complexity index is 624. The van der Waals surface area contributed by atoms with E-state index in [0.717, 1.165) is 19.3 Å². The largest absolute Gasteiger partial charge is 0.389 e. The predicted octanol–water partition coefficient (Wildman–Crippen LogP) is 4.17. The molecule has 2 aliphatic heterocycles. The van der Waals surface area contributed by atoms with E-state index in [9.17, 15) is 5.11 Å². The van der Waals surface area contributed by atoms with Gasteiger partial charge in [0.2, 0.25) is 0 Å². The lowest BCUT2D eigenvalue weighted by molar-refractivity contribution is 0.0242. The van der Waals surface area contributed by atoms with Crippen LogP contribution in [0.15, 0.2) is 42.5 Å². The summed E-state index contributed by atoms with van der Waals surface area (Å²) < 4.78 is 0. The number of rotatable bonds is 2. The maximum absolute atomic E-state index is 11.0. The SMILES string of the molecule is OC1(Cc2ccc3ccccc3c2)CC2CCC(C1)S2. The number of hydrogen-bond donors (Lipinski definition) is 1. The zero-order valence-electron chi connectivity index (χ0n) is 11.6. The Balaban J connectivity index is 1.60. The molecule has 20 heavy (non-hydrogen) atoms. The molecule has 0 aromatic heterocycles. The van der Waals surface area contributed by atoms with Crippen molar-refractivity contribution in [1.82, 2.24) is 0 Å². The van der Waals surface area contributed by atoms with Crippen molar-refractivity contribution in [3.8, 4) is 0 Å². The fourth-order valence-electron chi connectivity index (χ4n) is 3.88. The van der Waals surface area contributed by atoms with E-state index in [4.69, 9.17) is 0 Å². The van der Waals surface area contributed by atoms with Gasteiger partial charge in [0.1, 0.15) is 0 Å². The van der Waals surface area contributed by atoms with Gasteiger partial charge in [0.25, 0.3) is 0 Å². The Kier molecular flexibility index (Phi) is 3.04. The second-order valence-electron chi connectivity index (χ2n) is 6.45. The molecule has 2 atom stereocenters. The summed E-state index contributed by atoms with van der Waals surface area (Å²) in [5.74, 6) is 0. The van der Waals surface area contributed by atoms with Gasteiger partial charge in [-0.25, -0.2) is 0 Å². The first-order valence-electron chi connectivity index (χ1n) is 7.56. The molecule has 2 saturated heterocycles. The van der Waals surface area contributed by atoms with Crippen molar-refractivity contribution in [2.24, 2.45) is 0 Å². The van der Waals surface area contributed by atoms with Crippen LogP contribution in [-0.2, 0) is 6.42 Å². The summed E-state index contributed by atoms with van der Waals surface area (Å²) in [6.45, 7) is 0. The van der Waals surface area contributed by atoms with Crippen LogP contribution in [0.4, 0.5) is 0 Å². The minimum atomic E-state index is -0.473. The molecule has 4 rings (SSSR count). The fraction of sp³-hybridized carbons (Fsp3) is 0.444. The van der Waals surface area contributed by atoms with Crippen LogP contribution < -0.4 is 0 Å². The molecule has 0 amide bonds. The Hall–Kier alpha value is -0.990. The molecule has 1 nitrogen and oxygen atoms in total. The van der Waals surface area contributed by atoms with E-state index in [1.807, 2.05) is 0 Å². The molecule has 1 N–H and O–H groups in total. The van der Waals surface area contributed by atoms with Crippen LogP contribution in [0.1, 0.15) is 31.2 Å². The summed E-state index contributed by atoms with van der Waals surface area (Å²) in [5.41, 5.74) is 0.803. The third-order valence-corrected chi connectivity index (χ3v) is 6.33. The highest BCUT2D eigenvalue weighted by atomic mass is 32.2. The molecule has 2 aliphatic rings. The first-order chi connectivity index (χ1) is 9.70. The van der Waals surface area contributed by atoms with E-state index in [0.29, 0.717) is 10.5 Å². The molecule has 104 valence electrons. The topological polar surface area (TPSA) is 20.2 Å². The maximum Gasteiger partial charge on any atom is 0.0709 e. The van der Waals surface area contributed by atoms with Crippen molar-refractivity contribution in [2.45, 2.75) is 48.2 Å². The highest BCUT2D eigenvalue weighted by Gasteiger charge is 2.43. The van der Waals surface area contributed by atoms with Crippen LogP contribution in [0.3, 0.4) is 0 Å². The minimum absolute atomic E-state index is 0.473. The van der Waals surface area contributed by atoms with Gasteiger partial charge in [-0.15, -0.1) is 0 Å². The summed E-state index contributed by atoms with van der Waals surface area (Å²) >= 11 is 2.11. The van der Waals surface area contributed by atoms with Gasteiger partial charge in [0, 0.05) is 16.9 Å². The maximum atomic E-state index is 11.0. The Morgan fingerprint density at radius 3 is 2.45 bits per heavy atom. The van der Waals surface area contributed by atoms with E-state index >= 15 is 0 Å². The van der Waals surface area contributed by atoms with Crippen LogP contribution in [0.5, 0.6) is 0 Å². The molecule has 2 unspecified atom stereocenters. The van der Waals surface area contributed by atoms with Gasteiger partial charge in [0.05, 0.1) is 5.60 Å². The Morgan fingerprint density at radius 2 is 1.70 bits per heavy atom. The first-order valence-corrected chi connectivity index (χ1v) is 8.50. The van der Waals surface area contributed by atoms with Crippen molar-refractivity contribution < 1.29 is 5.11 Å². The highest BCUT2D eigenvalue weighted by Crippen LogP contribution is 2.48. The zero-order valence-corrected chi connectivity index (χ0v) is 12.4. The van der Waals surface area contributed by atoms with Crippen LogP contribution >= 0.6 is 11.8 Å². The lowest BCUT2D eigenvalue weighted by Gasteiger charge is -2.36. The predicted molar refractivity (Wildman–Crippen MR) is 86.2 cm³/mol. The summed E-state index contributed by atoms with van der Waals surface area (Å²) in [4.78, 5) is 0. The average molecular weight is 284 g/mol. The van der Waals surface area contributed by atoms with Crippen LogP contribution in [0.2, 0.25) is 0 Å². The molecule has 0 spiro atoms. The van der Waals surface area contributed by atoms with E-state index in [-0.39, 0.29) is 0 Å². The first kappa shape index (κ1) is 12.7. The second-order valence-corrected chi connectivity index (χ2v) is 8.05. The highest BCUT2D eigenvalue weighted by molar-refractivity contribution is 8.00. The lowest BCUT2D eigenvalue weighted by atomic mass is 9.86. The summed E-state index contributed by atoms with van der Waals surface area (Å²) in [6, 6.07) is 15.1. The van der Waals surface area contributed by atoms with Crippen LogP contribution in [0.25, 0.3) is 10.8 Å². The van der Waals surface area contributed by atoms with Crippen molar-refractivity contribution in [3.63, 3.8) is 0 Å². The van der Waals surface area contributed by atoms with Gasteiger partial charge >= 0.3 is 0 Å². The lowest BCUT2D eigenvalue weighted by Crippen LogP contribution is -2.39. The van der Waals surface area contributed by atoms with Gasteiger partial charge in [-0.2, -0.15) is 11.8 Å². The zero-order chi connectivity index (χ0) is 13.6. The quantitative estimate of drug-likeness (QED) is 0.893. The number of benzene rings is 2. The monoisotopic (exact) mass is 284 g/mol. The van der Waals surface area contributed by atoms with Gasteiger partial charge in [0.15, 0.2) is 0 Å². The smallest absolute Gasteiger partial charge is 0.0709 e. The van der Waals surface area contributed by atoms with Crippen LogP contribution in [-0.4, -0.2) is 21.2 Å². The molecule has 0 radical (unpaired) electrons. The van der Waals surface area contributed by atoms with Gasteiger partial charge in [-0.3, -0.25) is 0 Å². The molecule has 0 aliphatic carbocycles. The van der Waals surface area contributed by atoms with Gasteiger partial charge < -0.3 is 5.11 Å². The van der Waals surface area contributed by atoms with Crippen molar-refractivity contribution in [2.75, 3.05) is 0 Å². The van der Waals surface area contributed by atoms with Crippen molar-refractivity contribution >= 4 is 22.5 Å². The number of aliphatic hydroxyl groups is 1. The standard InChI is InChI=1S/C18H20OS/c19-18(11-16-7-8-17(12-18)20-16)10-13-5-6-14-3-1-2-4-15(14)9-13/h1-6,9,16-17,19H,7-8,10-12H2. The van der Waals surface area contributed by atoms with Gasteiger partial charge in [-0.1, -0.05) is 42.5 Å². The molecule has 2 fully saturated rings. The summed E-state index contributed by atoms with van der Waals surface area (Å²) in [5, 5.41) is 14.9. The molecular weight excluding hydrogens is 264 g/mol. The van der Waals surface area contributed by atoms with Crippen LogP contribution in [0, 0.1) is 0 Å². The molecular formula is C18H20OS. The summed E-state index contributed by atoms with van der Waals surface area (Å²) in [7, 11) is 0. The van der Waals surface area contributed by atoms with Crippen molar-refractivity contribution in [3.05, 3.63) is 48.0 Å². The van der Waals surface area contributed by atoms with E-state index in [2.05, 4.69) is 54.2 Å². The molecule has 2 bridgehead atoms. The van der Waals surface area contributed by atoms with Crippen molar-refractivity contribution in [1.29, 1.82) is 0 Å². The third-order valence-electron chi connectivity index (χ3n) is 4.76. The fourth-order valence-corrected chi connectivity index (χ4v) is 5.79. The normalized spacial score (nSPS) is 32.6. The average Bonchev–Trinajstić information content (AvgIpc) is 2.78. The number of thioether (sulfide) groups is 1. The number of hydrogen-bond acceptors (Lipinski definition) is 2.